The molecule has 1 amide bonds. The number of aliphatic carboxylic acids is 1. The van der Waals surface area contributed by atoms with Crippen molar-refractivity contribution in [2.24, 2.45) is 17.4 Å². The van der Waals surface area contributed by atoms with Crippen molar-refractivity contribution in [2.75, 3.05) is 0 Å². The molecule has 14 heavy (non-hydrogen) atoms. The number of rotatable bonds is 6. The highest BCUT2D eigenvalue weighted by atomic mass is 16.4. The molecule has 0 aliphatic heterocycles. The predicted molar refractivity (Wildman–Crippen MR) is 44.0 cm³/mol. The van der Waals surface area contributed by atoms with Crippen LogP contribution in [-0.2, 0) is 19.2 Å². The smallest absolute Gasteiger partial charge is 0.331 e. The van der Waals surface area contributed by atoms with E-state index in [4.69, 9.17) is 16.6 Å². The lowest BCUT2D eigenvalue weighted by Crippen LogP contribution is -2.57. The lowest BCUT2D eigenvalue weighted by atomic mass is 9.84. The summed E-state index contributed by atoms with van der Waals surface area (Å²) in [5.74, 6) is -4.03. The largest absolute Gasteiger partial charge is 0.480 e. The van der Waals surface area contributed by atoms with Crippen molar-refractivity contribution in [3.63, 3.8) is 0 Å². The van der Waals surface area contributed by atoms with Crippen LogP contribution in [0.15, 0.2) is 0 Å². The van der Waals surface area contributed by atoms with Crippen LogP contribution in [0.1, 0.15) is 6.42 Å². The summed E-state index contributed by atoms with van der Waals surface area (Å²) in [5, 5.41) is 8.58. The maximum Gasteiger partial charge on any atom is 0.331 e. The minimum absolute atomic E-state index is 0.0860. The molecule has 0 rings (SSSR count). The number of nitrogens with two attached hydrogens (primary N) is 2. The molecule has 0 fully saturated rings. The lowest BCUT2D eigenvalue weighted by molar-refractivity contribution is -0.149. The van der Waals surface area contributed by atoms with E-state index >= 15 is 0 Å². The average Bonchev–Trinajstić information content (AvgIpc) is 2.12. The topological polar surface area (TPSA) is 141 Å². The van der Waals surface area contributed by atoms with Crippen LogP contribution in [0.5, 0.6) is 0 Å². The Hall–Kier alpha value is -1.76. The van der Waals surface area contributed by atoms with Gasteiger partial charge in [0.25, 0.3) is 0 Å². The Morgan fingerprint density at radius 1 is 1.43 bits per heavy atom. The van der Waals surface area contributed by atoms with Crippen molar-refractivity contribution in [1.29, 1.82) is 0 Å². The molecule has 0 aromatic heterocycles. The zero-order valence-corrected chi connectivity index (χ0v) is 7.17. The molecule has 0 bridgehead atoms. The van der Waals surface area contributed by atoms with Crippen LogP contribution in [-0.4, -0.2) is 35.1 Å². The van der Waals surface area contributed by atoms with Crippen LogP contribution in [0.3, 0.4) is 0 Å². The minimum atomic E-state index is -2.39. The van der Waals surface area contributed by atoms with Gasteiger partial charge in [-0.05, 0) is 0 Å². The molecule has 0 spiro atoms. The van der Waals surface area contributed by atoms with E-state index in [2.05, 4.69) is 0 Å². The molecule has 0 aliphatic carbocycles. The van der Waals surface area contributed by atoms with Gasteiger partial charge < -0.3 is 26.2 Å². The summed E-state index contributed by atoms with van der Waals surface area (Å²) in [7, 11) is 0. The Morgan fingerprint density at radius 3 is 2.14 bits per heavy atom. The van der Waals surface area contributed by atoms with Crippen molar-refractivity contribution in [2.45, 2.75) is 12.0 Å². The summed E-state index contributed by atoms with van der Waals surface area (Å²) in [6.07, 6.45) is -0.532. The van der Waals surface area contributed by atoms with Crippen molar-refractivity contribution in [1.82, 2.24) is 0 Å². The number of primary amides is 1. The number of hydrogen-bond acceptors (Lipinski definition) is 5. The Bertz CT molecular complexity index is 277. The van der Waals surface area contributed by atoms with Crippen LogP contribution in [0.25, 0.3) is 0 Å². The zero-order valence-electron chi connectivity index (χ0n) is 7.17. The van der Waals surface area contributed by atoms with E-state index < -0.39 is 29.8 Å². The molecule has 2 atom stereocenters. The van der Waals surface area contributed by atoms with Crippen molar-refractivity contribution in [3.8, 4) is 0 Å². The van der Waals surface area contributed by atoms with E-state index in [1.54, 1.807) is 0 Å². The van der Waals surface area contributed by atoms with E-state index in [-0.39, 0.29) is 12.6 Å². The maximum atomic E-state index is 10.6. The summed E-state index contributed by atoms with van der Waals surface area (Å²) in [5.41, 5.74) is 7.50. The second kappa shape index (κ2) is 4.47. The molecular weight excluding hydrogens is 192 g/mol. The molecule has 0 heterocycles. The third-order valence-electron chi connectivity index (χ3n) is 1.76. The summed E-state index contributed by atoms with van der Waals surface area (Å²) in [4.78, 5) is 41.9. The first kappa shape index (κ1) is 12.2. The first-order chi connectivity index (χ1) is 6.38. The monoisotopic (exact) mass is 202 g/mol. The highest BCUT2D eigenvalue weighted by Crippen LogP contribution is 2.14. The van der Waals surface area contributed by atoms with Gasteiger partial charge >= 0.3 is 5.97 Å². The van der Waals surface area contributed by atoms with Gasteiger partial charge in [-0.1, -0.05) is 0 Å². The molecule has 0 saturated heterocycles. The van der Waals surface area contributed by atoms with E-state index in [9.17, 15) is 19.2 Å². The quantitative estimate of drug-likeness (QED) is 0.325. The zero-order chi connectivity index (χ0) is 11.4. The van der Waals surface area contributed by atoms with Gasteiger partial charge in [0.2, 0.25) is 5.91 Å². The number of carbonyl (C=O) groups is 4. The number of hydrogen-bond donors (Lipinski definition) is 3. The standard InChI is InChI=1S/C7H10N2O5/c8-5(12)1-4(2-10)7(9,3-11)6(13)14/h2-4H,1,9H2,(H2,8,12)(H,13,14). The summed E-state index contributed by atoms with van der Waals surface area (Å²) in [6.45, 7) is 0. The van der Waals surface area contributed by atoms with Crippen LogP contribution in [0, 0.1) is 5.92 Å². The van der Waals surface area contributed by atoms with Crippen molar-refractivity contribution >= 4 is 24.4 Å². The molecule has 78 valence electrons. The van der Waals surface area contributed by atoms with Crippen LogP contribution < -0.4 is 11.5 Å². The van der Waals surface area contributed by atoms with Crippen LogP contribution in [0.4, 0.5) is 0 Å². The Morgan fingerprint density at radius 2 is 1.93 bits per heavy atom. The molecule has 0 aromatic carbocycles. The molecule has 0 aromatic rings. The third-order valence-corrected chi connectivity index (χ3v) is 1.76. The Labute approximate surface area is 79.0 Å². The Balaban J connectivity index is 4.95. The van der Waals surface area contributed by atoms with E-state index in [0.29, 0.717) is 0 Å². The summed E-state index contributed by atoms with van der Waals surface area (Å²) in [6, 6.07) is 0. The minimum Gasteiger partial charge on any atom is -0.480 e. The fraction of sp³-hybridized carbons (Fsp3) is 0.429. The van der Waals surface area contributed by atoms with Crippen molar-refractivity contribution < 1.29 is 24.3 Å². The van der Waals surface area contributed by atoms with Gasteiger partial charge in [0.15, 0.2) is 11.8 Å². The fourth-order valence-corrected chi connectivity index (χ4v) is 0.843. The van der Waals surface area contributed by atoms with E-state index in [1.807, 2.05) is 0 Å². The second-order valence-corrected chi connectivity index (χ2v) is 2.77. The highest BCUT2D eigenvalue weighted by Gasteiger charge is 2.43. The number of aldehydes is 2. The number of carboxylic acids is 1. The van der Waals surface area contributed by atoms with Gasteiger partial charge in [-0.3, -0.25) is 4.79 Å². The summed E-state index contributed by atoms with van der Waals surface area (Å²) >= 11 is 0. The van der Waals surface area contributed by atoms with Crippen molar-refractivity contribution in [3.05, 3.63) is 0 Å². The molecule has 0 radical (unpaired) electrons. The molecule has 7 heteroatoms. The van der Waals surface area contributed by atoms with Gasteiger partial charge in [-0.2, -0.15) is 0 Å². The highest BCUT2D eigenvalue weighted by molar-refractivity contribution is 6.01. The van der Waals surface area contributed by atoms with Crippen LogP contribution in [0.2, 0.25) is 0 Å². The fourth-order valence-electron chi connectivity index (χ4n) is 0.843. The van der Waals surface area contributed by atoms with E-state index in [1.165, 1.54) is 0 Å². The maximum absolute atomic E-state index is 10.6. The van der Waals surface area contributed by atoms with Gasteiger partial charge in [-0.25, -0.2) is 4.79 Å². The number of carbonyl (C=O) groups excluding carboxylic acids is 3. The van der Waals surface area contributed by atoms with Gasteiger partial charge in [0, 0.05) is 6.42 Å². The van der Waals surface area contributed by atoms with E-state index in [0.717, 1.165) is 0 Å². The molecule has 0 saturated carbocycles. The van der Waals surface area contributed by atoms with Gasteiger partial charge in [0.1, 0.15) is 6.29 Å². The molecule has 0 aliphatic rings. The number of carboxylic acid groups (broad SMARTS) is 1. The Kier molecular flexibility index (Phi) is 3.91. The average molecular weight is 202 g/mol. The third kappa shape index (κ3) is 2.36. The summed E-state index contributed by atoms with van der Waals surface area (Å²) < 4.78 is 0. The van der Waals surface area contributed by atoms with Gasteiger partial charge in [-0.15, -0.1) is 0 Å². The molecule has 7 nitrogen and oxygen atoms in total. The van der Waals surface area contributed by atoms with Gasteiger partial charge in [0.05, 0.1) is 5.92 Å². The molecular formula is C7H10N2O5. The number of amides is 1. The predicted octanol–water partition coefficient (Wildman–Crippen LogP) is -2.34. The lowest BCUT2D eigenvalue weighted by Gasteiger charge is -2.22. The first-order valence-corrected chi connectivity index (χ1v) is 3.60. The second-order valence-electron chi connectivity index (χ2n) is 2.77. The first-order valence-electron chi connectivity index (χ1n) is 3.60. The normalized spacial score (nSPS) is 16.4. The van der Waals surface area contributed by atoms with Crippen LogP contribution >= 0.6 is 0 Å². The SMILES string of the molecule is NC(=O)CC(C=O)C(N)(C=O)C(=O)O. The molecule has 5 N–H and O–H groups in total. The molecule has 2 unspecified atom stereocenters.